The van der Waals surface area contributed by atoms with Crippen molar-refractivity contribution in [3.8, 4) is 11.1 Å². The van der Waals surface area contributed by atoms with Crippen LogP contribution in [0.3, 0.4) is 0 Å². The number of carbonyl (C=O) groups is 1. The second-order valence-corrected chi connectivity index (χ2v) is 8.65. The molecule has 0 bridgehead atoms. The van der Waals surface area contributed by atoms with E-state index in [9.17, 15) is 18.3 Å². The summed E-state index contributed by atoms with van der Waals surface area (Å²) in [7, 11) is -3.10. The zero-order chi connectivity index (χ0) is 19.2. The third-order valence-corrected chi connectivity index (χ3v) is 5.02. The fourth-order valence-corrected chi connectivity index (χ4v) is 3.10. The Bertz CT molecular complexity index is 844. The molecular weight excluding hydrogens is 350 g/mol. The highest BCUT2D eigenvalue weighted by Crippen LogP contribution is 2.24. The normalized spacial score (nSPS) is 12.6. The summed E-state index contributed by atoms with van der Waals surface area (Å²) in [4.78, 5) is 12.2. The smallest absolute Gasteiger partial charge is 0.251 e. The zero-order valence-corrected chi connectivity index (χ0v) is 15.9. The molecule has 0 saturated heterocycles. The molecule has 2 rings (SSSR count). The number of carbonyl (C=O) groups excluding carboxylic acids is 1. The number of rotatable bonds is 8. The highest BCUT2D eigenvalue weighted by Gasteiger charge is 2.10. The van der Waals surface area contributed by atoms with Crippen molar-refractivity contribution in [1.29, 1.82) is 0 Å². The largest absolute Gasteiger partial charge is 0.388 e. The van der Waals surface area contributed by atoms with Crippen molar-refractivity contribution in [2.75, 3.05) is 18.6 Å². The molecule has 2 aromatic carbocycles. The van der Waals surface area contributed by atoms with Crippen molar-refractivity contribution in [2.24, 2.45) is 0 Å². The maximum absolute atomic E-state index is 12.2. The van der Waals surface area contributed by atoms with E-state index in [1.807, 2.05) is 37.3 Å². The van der Waals surface area contributed by atoms with Gasteiger partial charge in [-0.1, -0.05) is 49.7 Å². The molecule has 26 heavy (non-hydrogen) atoms. The van der Waals surface area contributed by atoms with Gasteiger partial charge in [0.2, 0.25) is 0 Å². The second kappa shape index (κ2) is 8.96. The molecule has 2 aromatic rings. The van der Waals surface area contributed by atoms with Crippen molar-refractivity contribution >= 4 is 15.7 Å². The molecule has 5 nitrogen and oxygen atoms in total. The minimum atomic E-state index is -3.10. The summed E-state index contributed by atoms with van der Waals surface area (Å²) in [6.45, 7) is 2.12. The first-order valence-electron chi connectivity index (χ1n) is 8.64. The number of benzene rings is 2. The summed E-state index contributed by atoms with van der Waals surface area (Å²) in [6.07, 6.45) is 2.32. The van der Waals surface area contributed by atoms with E-state index >= 15 is 0 Å². The van der Waals surface area contributed by atoms with Crippen molar-refractivity contribution in [2.45, 2.75) is 25.9 Å². The Morgan fingerprint density at radius 3 is 2.42 bits per heavy atom. The van der Waals surface area contributed by atoms with Gasteiger partial charge in [-0.3, -0.25) is 4.79 Å². The lowest BCUT2D eigenvalue weighted by atomic mass is 9.99. The van der Waals surface area contributed by atoms with Crippen LogP contribution < -0.4 is 5.32 Å². The molecule has 0 spiro atoms. The third-order valence-electron chi connectivity index (χ3n) is 4.07. The van der Waals surface area contributed by atoms with E-state index in [0.29, 0.717) is 5.56 Å². The predicted molar refractivity (Wildman–Crippen MR) is 104 cm³/mol. The van der Waals surface area contributed by atoms with Crippen LogP contribution >= 0.6 is 0 Å². The summed E-state index contributed by atoms with van der Waals surface area (Å²) >= 11 is 0. The van der Waals surface area contributed by atoms with Gasteiger partial charge in [-0.15, -0.1) is 0 Å². The average Bonchev–Trinajstić information content (AvgIpc) is 2.61. The predicted octanol–water partition coefficient (Wildman–Crippen LogP) is 2.96. The molecule has 0 aliphatic rings. The monoisotopic (exact) mass is 375 g/mol. The number of amides is 1. The summed E-state index contributed by atoms with van der Waals surface area (Å²) < 4.78 is 22.3. The molecule has 0 radical (unpaired) electrons. The summed E-state index contributed by atoms with van der Waals surface area (Å²) in [5.41, 5.74) is 3.19. The highest BCUT2D eigenvalue weighted by molar-refractivity contribution is 7.90. The fourth-order valence-electron chi connectivity index (χ4n) is 2.63. The molecule has 1 amide bonds. The van der Waals surface area contributed by atoms with Gasteiger partial charge >= 0.3 is 0 Å². The van der Waals surface area contributed by atoms with Gasteiger partial charge in [-0.25, -0.2) is 8.42 Å². The van der Waals surface area contributed by atoms with Crippen molar-refractivity contribution in [3.63, 3.8) is 0 Å². The second-order valence-electron chi connectivity index (χ2n) is 6.39. The van der Waals surface area contributed by atoms with Crippen molar-refractivity contribution < 1.29 is 18.3 Å². The Morgan fingerprint density at radius 1 is 1.12 bits per heavy atom. The summed E-state index contributed by atoms with van der Waals surface area (Å²) in [5, 5.41) is 12.7. The number of aliphatic hydroxyl groups is 1. The molecule has 2 N–H and O–H groups in total. The molecule has 1 atom stereocenters. The minimum absolute atomic E-state index is 0.0834. The standard InChI is InChI=1S/C20H25NO4S/c1-3-5-19(22)16-10-8-15(9-11-16)17-6-4-7-18(14-17)20(23)21-12-13-26(2,24)25/h4,6-11,14,19,22H,3,5,12-13H2,1-2H3,(H,21,23)/t19-/m0/s1. The SMILES string of the molecule is CCC[C@H](O)c1ccc(-c2cccc(C(=O)NCCS(C)(=O)=O)c2)cc1. The molecule has 0 fully saturated rings. The first-order chi connectivity index (χ1) is 12.3. The van der Waals surface area contributed by atoms with Gasteiger partial charge in [-0.05, 0) is 35.2 Å². The topological polar surface area (TPSA) is 83.5 Å². The van der Waals surface area contributed by atoms with Crippen molar-refractivity contribution in [3.05, 3.63) is 59.7 Å². The van der Waals surface area contributed by atoms with Gasteiger partial charge in [0.1, 0.15) is 9.84 Å². The van der Waals surface area contributed by atoms with Gasteiger partial charge < -0.3 is 10.4 Å². The lowest BCUT2D eigenvalue weighted by Crippen LogP contribution is -2.28. The molecule has 140 valence electrons. The maximum atomic E-state index is 12.2. The van der Waals surface area contributed by atoms with Crippen LogP contribution in [0, 0.1) is 0 Å². The van der Waals surface area contributed by atoms with Crippen LogP contribution in [0.2, 0.25) is 0 Å². The van der Waals surface area contributed by atoms with Crippen LogP contribution in [0.1, 0.15) is 41.8 Å². The van der Waals surface area contributed by atoms with E-state index in [4.69, 9.17) is 0 Å². The number of nitrogens with one attached hydrogen (secondary N) is 1. The van der Waals surface area contributed by atoms with Gasteiger partial charge in [0.25, 0.3) is 5.91 Å². The summed E-state index contributed by atoms with van der Waals surface area (Å²) in [5.74, 6) is -0.384. The van der Waals surface area contributed by atoms with Crippen LogP contribution in [0.5, 0.6) is 0 Å². The van der Waals surface area contributed by atoms with E-state index in [1.165, 1.54) is 0 Å². The Labute approximate surface area is 155 Å². The van der Waals surface area contributed by atoms with E-state index < -0.39 is 15.9 Å². The van der Waals surface area contributed by atoms with Crippen LogP contribution in [0.4, 0.5) is 0 Å². The summed E-state index contributed by atoms with van der Waals surface area (Å²) in [6, 6.07) is 14.8. The molecule has 0 unspecified atom stereocenters. The number of hydrogen-bond donors (Lipinski definition) is 2. The Kier molecular flexibility index (Phi) is 6.94. The first-order valence-corrected chi connectivity index (χ1v) is 10.7. The van der Waals surface area contributed by atoms with Crippen LogP contribution in [-0.4, -0.2) is 38.0 Å². The Hall–Kier alpha value is -2.18. The lowest BCUT2D eigenvalue weighted by Gasteiger charge is -2.11. The van der Waals surface area contributed by atoms with Crippen LogP contribution in [0.25, 0.3) is 11.1 Å². The van der Waals surface area contributed by atoms with Gasteiger partial charge in [0.05, 0.1) is 11.9 Å². The highest BCUT2D eigenvalue weighted by atomic mass is 32.2. The molecule has 0 aliphatic carbocycles. The maximum Gasteiger partial charge on any atom is 0.251 e. The van der Waals surface area contributed by atoms with Gasteiger partial charge in [-0.2, -0.15) is 0 Å². The first kappa shape index (κ1) is 20.1. The Balaban J connectivity index is 2.09. The molecular formula is C20H25NO4S. The van der Waals surface area contributed by atoms with E-state index in [0.717, 1.165) is 35.8 Å². The number of aliphatic hydroxyl groups excluding tert-OH is 1. The van der Waals surface area contributed by atoms with Gasteiger partial charge in [0, 0.05) is 18.4 Å². The Morgan fingerprint density at radius 2 is 1.81 bits per heavy atom. The third kappa shape index (κ3) is 5.97. The fraction of sp³-hybridized carbons (Fsp3) is 0.350. The van der Waals surface area contributed by atoms with E-state index in [1.54, 1.807) is 18.2 Å². The number of hydrogen-bond acceptors (Lipinski definition) is 4. The molecule has 0 saturated carbocycles. The number of sulfone groups is 1. The average molecular weight is 375 g/mol. The molecule has 0 aliphatic heterocycles. The molecule has 6 heteroatoms. The zero-order valence-electron chi connectivity index (χ0n) is 15.1. The van der Waals surface area contributed by atoms with E-state index in [2.05, 4.69) is 5.32 Å². The molecule has 0 heterocycles. The molecule has 0 aromatic heterocycles. The minimum Gasteiger partial charge on any atom is -0.388 e. The van der Waals surface area contributed by atoms with Crippen LogP contribution in [-0.2, 0) is 9.84 Å². The van der Waals surface area contributed by atoms with Crippen LogP contribution in [0.15, 0.2) is 48.5 Å². The van der Waals surface area contributed by atoms with Gasteiger partial charge in [0.15, 0.2) is 0 Å². The lowest BCUT2D eigenvalue weighted by molar-refractivity contribution is 0.0956. The van der Waals surface area contributed by atoms with Crippen molar-refractivity contribution in [1.82, 2.24) is 5.32 Å². The van der Waals surface area contributed by atoms with E-state index in [-0.39, 0.29) is 18.2 Å². The quantitative estimate of drug-likeness (QED) is 0.743.